The Balaban J connectivity index is 1.25. The highest BCUT2D eigenvalue weighted by molar-refractivity contribution is 7.91. The van der Waals surface area contributed by atoms with Crippen molar-refractivity contribution in [3.05, 3.63) is 70.8 Å². The molecule has 3 fully saturated rings. The molecule has 59 heavy (non-hydrogen) atoms. The van der Waals surface area contributed by atoms with Crippen molar-refractivity contribution in [2.24, 2.45) is 24.8 Å². The van der Waals surface area contributed by atoms with E-state index in [2.05, 4.69) is 27.3 Å². The van der Waals surface area contributed by atoms with Crippen molar-refractivity contribution in [1.29, 1.82) is 0 Å². The summed E-state index contributed by atoms with van der Waals surface area (Å²) in [6, 6.07) is 5.68. The van der Waals surface area contributed by atoms with Gasteiger partial charge in [0.05, 0.1) is 31.7 Å². The Bertz CT molecular complexity index is 2380. The van der Waals surface area contributed by atoms with Crippen LogP contribution in [-0.2, 0) is 31.5 Å². The number of aromatic nitrogens is 2. The zero-order chi connectivity index (χ0) is 42.4. The molecule has 2 saturated carbocycles. The first-order valence-electron chi connectivity index (χ1n) is 20.0. The lowest BCUT2D eigenvalue weighted by Gasteiger charge is -2.33. The van der Waals surface area contributed by atoms with Crippen LogP contribution >= 0.6 is 0 Å². The van der Waals surface area contributed by atoms with Crippen LogP contribution in [0.4, 0.5) is 0 Å². The monoisotopic (exact) mass is 832 g/mol. The van der Waals surface area contributed by atoms with Crippen molar-refractivity contribution in [3.63, 3.8) is 0 Å². The summed E-state index contributed by atoms with van der Waals surface area (Å²) in [4.78, 5) is 75.7. The maximum absolute atomic E-state index is 15.0. The minimum atomic E-state index is -4.03. The maximum Gasteiger partial charge on any atom is 0.259 e. The Morgan fingerprint density at radius 3 is 2.47 bits per heavy atom. The molecule has 17 heteroatoms. The average Bonchev–Trinajstić information content (AvgIpc) is 4.09. The van der Waals surface area contributed by atoms with Crippen LogP contribution in [0.15, 0.2) is 59.7 Å². The Labute approximate surface area is 343 Å². The number of nitrogens with one attached hydrogen (secondary N) is 3. The number of hydrogen-bond acceptors (Lipinski definition) is 11. The van der Waals surface area contributed by atoms with Gasteiger partial charge in [0.25, 0.3) is 17.4 Å². The van der Waals surface area contributed by atoms with Crippen LogP contribution in [0.2, 0.25) is 0 Å². The molecule has 4 heterocycles. The second-order valence-corrected chi connectivity index (χ2v) is 19.0. The van der Waals surface area contributed by atoms with Crippen molar-refractivity contribution in [1.82, 2.24) is 29.8 Å². The highest BCUT2D eigenvalue weighted by Gasteiger charge is 2.63. The number of allylic oxidation sites excluding steroid dienone is 1. The molecule has 2 aromatic heterocycles. The first-order valence-corrected chi connectivity index (χ1v) is 21.5. The van der Waals surface area contributed by atoms with Gasteiger partial charge in [-0.05, 0) is 81.5 Å². The summed E-state index contributed by atoms with van der Waals surface area (Å²) in [5.41, 5.74) is -1.89. The molecule has 4 amide bonds. The number of hydrogen-bond donors (Lipinski definition) is 3. The van der Waals surface area contributed by atoms with Crippen molar-refractivity contribution >= 4 is 44.4 Å². The highest BCUT2D eigenvalue weighted by Crippen LogP contribution is 2.48. The summed E-state index contributed by atoms with van der Waals surface area (Å²) in [5, 5.41) is 7.04. The topological polar surface area (TPSA) is 204 Å². The first kappa shape index (κ1) is 41.7. The number of fused-ring (bicyclic) bond motifs is 3. The molecule has 316 valence electrons. The number of pyridine rings is 2. The third-order valence-corrected chi connectivity index (χ3v) is 14.6. The molecule has 3 N–H and O–H groups in total. The van der Waals surface area contributed by atoms with Crippen molar-refractivity contribution in [2.75, 3.05) is 20.8 Å². The van der Waals surface area contributed by atoms with Gasteiger partial charge in [-0.3, -0.25) is 28.7 Å². The number of rotatable bonds is 9. The minimum Gasteiger partial charge on any atom is -0.497 e. The number of aryl methyl sites for hydroxylation is 1. The number of sulfonamides is 1. The molecule has 3 aromatic rings. The number of methoxy groups -OCH3 is 2. The van der Waals surface area contributed by atoms with Gasteiger partial charge in [0.2, 0.25) is 27.7 Å². The summed E-state index contributed by atoms with van der Waals surface area (Å²) in [5.74, 6) is -2.17. The molecular weight excluding hydrogens is 781 g/mol. The van der Waals surface area contributed by atoms with Gasteiger partial charge in [0.15, 0.2) is 0 Å². The number of amides is 4. The van der Waals surface area contributed by atoms with E-state index in [1.54, 1.807) is 39.3 Å². The second kappa shape index (κ2) is 16.0. The molecule has 2 aliphatic heterocycles. The van der Waals surface area contributed by atoms with E-state index in [-0.39, 0.29) is 36.7 Å². The fraction of sp³-hybridized carbons (Fsp3) is 0.524. The summed E-state index contributed by atoms with van der Waals surface area (Å²) in [6.45, 7) is 5.42. The molecule has 0 unspecified atom stereocenters. The lowest BCUT2D eigenvalue weighted by atomic mass is 9.87. The van der Waals surface area contributed by atoms with E-state index < -0.39 is 79.5 Å². The number of carbonyl (C=O) groups excluding carboxylic acids is 4. The lowest BCUT2D eigenvalue weighted by molar-refractivity contribution is -0.142. The Morgan fingerprint density at radius 1 is 1.02 bits per heavy atom. The van der Waals surface area contributed by atoms with Crippen molar-refractivity contribution < 1.29 is 41.8 Å². The van der Waals surface area contributed by atoms with E-state index in [9.17, 15) is 32.4 Å². The van der Waals surface area contributed by atoms with Crippen molar-refractivity contribution in [2.45, 2.75) is 94.2 Å². The van der Waals surface area contributed by atoms with Gasteiger partial charge in [-0.25, -0.2) is 13.4 Å². The van der Waals surface area contributed by atoms with Crippen LogP contribution in [0.5, 0.6) is 17.4 Å². The molecule has 16 nitrogen and oxygen atoms in total. The SMILES string of the molecule is COc1ccc2c(O[C@@H]3C[C@H]4C(=O)N[C@]5(C(=O)NS(=O)(=O)C6(C)CC6)C[C@H]5/C=C\CC[C@@H](C)C[C@@H](C)[C@H](NC(=O)c5ccn(C)c(=O)c5)C(=O)N4C3)ncc(OC)c2c1. The van der Waals surface area contributed by atoms with E-state index in [0.717, 1.165) is 6.42 Å². The smallest absolute Gasteiger partial charge is 0.259 e. The van der Waals surface area contributed by atoms with Gasteiger partial charge in [-0.2, -0.15) is 0 Å². The number of nitrogens with zero attached hydrogens (tertiary/aromatic N) is 3. The quantitative estimate of drug-likeness (QED) is 0.268. The first-order chi connectivity index (χ1) is 28.0. The zero-order valence-electron chi connectivity index (χ0n) is 34.1. The molecule has 0 radical (unpaired) electrons. The van der Waals surface area contributed by atoms with Gasteiger partial charge >= 0.3 is 0 Å². The average molecular weight is 833 g/mol. The van der Waals surface area contributed by atoms with E-state index in [1.165, 1.54) is 41.1 Å². The van der Waals surface area contributed by atoms with Crippen LogP contribution in [0.1, 0.15) is 76.1 Å². The van der Waals surface area contributed by atoms with Crippen LogP contribution in [0.3, 0.4) is 0 Å². The minimum absolute atomic E-state index is 0.0162. The fourth-order valence-corrected chi connectivity index (χ4v) is 9.53. The van der Waals surface area contributed by atoms with E-state index in [0.29, 0.717) is 48.0 Å². The second-order valence-electron chi connectivity index (χ2n) is 16.8. The molecule has 7 rings (SSSR count). The van der Waals surface area contributed by atoms with Gasteiger partial charge in [-0.15, -0.1) is 0 Å². The van der Waals surface area contributed by atoms with Gasteiger partial charge < -0.3 is 34.3 Å². The van der Waals surface area contributed by atoms with Crippen LogP contribution in [0.25, 0.3) is 10.8 Å². The Morgan fingerprint density at radius 2 is 1.78 bits per heavy atom. The molecule has 7 atom stereocenters. The molecule has 1 aromatic carbocycles. The molecule has 4 aliphatic rings. The van der Waals surface area contributed by atoms with Crippen LogP contribution in [0, 0.1) is 17.8 Å². The third kappa shape index (κ3) is 8.25. The van der Waals surface area contributed by atoms with Gasteiger partial charge in [0, 0.05) is 48.0 Å². The summed E-state index contributed by atoms with van der Waals surface area (Å²) in [7, 11) is 0.599. The van der Waals surface area contributed by atoms with Crippen LogP contribution in [-0.4, -0.2) is 95.7 Å². The number of ether oxygens (including phenoxy) is 3. The van der Waals surface area contributed by atoms with E-state index >= 15 is 0 Å². The summed E-state index contributed by atoms with van der Waals surface area (Å²) < 4.78 is 46.5. The lowest BCUT2D eigenvalue weighted by Crippen LogP contribution is -2.59. The van der Waals surface area contributed by atoms with E-state index in [1.807, 2.05) is 19.1 Å². The molecular formula is C42H52N6O10S. The Hall–Kier alpha value is -5.45. The zero-order valence-corrected chi connectivity index (χ0v) is 35.0. The summed E-state index contributed by atoms with van der Waals surface area (Å²) in [6.07, 6.45) is 8.89. The van der Waals surface area contributed by atoms with Crippen molar-refractivity contribution in [3.8, 4) is 17.4 Å². The standard InChI is InChI=1S/C42H52N6O10S/c1-24-9-7-8-10-27-21-42(27,40(53)46-59(54,55)41(3)14-15-41)45-37(51)32-20-29(58-38-30-12-11-28(56-5)19-31(30)33(57-6)22-43-38)23-48(32)39(52)35(25(2)17-24)44-36(50)26-13-16-47(4)34(49)18-26/h8,10-13,16,18-19,22,24-25,27,29,32,35H,7,9,14-15,17,20-21,23H2,1-6H3,(H,44,50)(H,45,51)(H,46,53)/b10-8-/t24-,25-,27-,29-,32+,35+,42-/m1/s1. The molecule has 1 saturated heterocycles. The molecule has 0 bridgehead atoms. The van der Waals surface area contributed by atoms with Gasteiger partial charge in [-0.1, -0.05) is 26.0 Å². The van der Waals surface area contributed by atoms with Gasteiger partial charge in [0.1, 0.15) is 35.2 Å². The molecule has 0 spiro atoms. The maximum atomic E-state index is 15.0. The van der Waals surface area contributed by atoms with Crippen LogP contribution < -0.4 is 35.1 Å². The number of benzene rings is 1. The highest BCUT2D eigenvalue weighted by atomic mass is 32.2. The summed E-state index contributed by atoms with van der Waals surface area (Å²) >= 11 is 0. The molecule has 2 aliphatic carbocycles. The van der Waals surface area contributed by atoms with E-state index in [4.69, 9.17) is 14.2 Å². The fourth-order valence-electron chi connectivity index (χ4n) is 8.22. The predicted octanol–water partition coefficient (Wildman–Crippen LogP) is 2.98. The predicted molar refractivity (Wildman–Crippen MR) is 217 cm³/mol. The Kier molecular flexibility index (Phi) is 11.3. The third-order valence-electron chi connectivity index (χ3n) is 12.4. The largest absolute Gasteiger partial charge is 0.497 e. The number of carbonyl (C=O) groups is 4. The normalized spacial score (nSPS) is 28.5.